The number of ketones is 1. The lowest BCUT2D eigenvalue weighted by Crippen LogP contribution is -2.45. The number of carbonyl (C=O) groups excluding carboxylic acids is 1. The van der Waals surface area contributed by atoms with Gasteiger partial charge in [0.15, 0.2) is 5.60 Å². The highest BCUT2D eigenvalue weighted by molar-refractivity contribution is 5.84. The molecule has 0 aliphatic rings. The summed E-state index contributed by atoms with van der Waals surface area (Å²) in [6.07, 6.45) is -5.89. The molecule has 1 aromatic rings. The van der Waals surface area contributed by atoms with Gasteiger partial charge in [-0.3, -0.25) is 4.79 Å². The zero-order chi connectivity index (χ0) is 14.9. The lowest BCUT2D eigenvalue weighted by atomic mass is 9.80. The van der Waals surface area contributed by atoms with Crippen molar-refractivity contribution in [1.29, 1.82) is 0 Å². The third kappa shape index (κ3) is 3.35. The second kappa shape index (κ2) is 4.96. The standard InChI is InChI=1S/C14H17F3O2/c1-12(2,3)11(18)9-13(19,14(15,16)17)10-7-5-4-6-8-10/h4-8,19H,9H2,1-3H3/t13-/m0/s1. The lowest BCUT2D eigenvalue weighted by molar-refractivity contribution is -0.267. The molecule has 1 N–H and O–H groups in total. The zero-order valence-corrected chi connectivity index (χ0v) is 11.1. The van der Waals surface area contributed by atoms with Crippen molar-refractivity contribution in [1.82, 2.24) is 0 Å². The van der Waals surface area contributed by atoms with Crippen LogP contribution in [-0.2, 0) is 10.4 Å². The molecule has 0 aliphatic carbocycles. The van der Waals surface area contributed by atoms with Crippen molar-refractivity contribution in [2.24, 2.45) is 5.41 Å². The van der Waals surface area contributed by atoms with Crippen molar-refractivity contribution >= 4 is 5.78 Å². The predicted octanol–water partition coefficient (Wildman–Crippen LogP) is 3.44. The van der Waals surface area contributed by atoms with Gasteiger partial charge in [-0.1, -0.05) is 51.1 Å². The fourth-order valence-electron chi connectivity index (χ4n) is 1.58. The quantitative estimate of drug-likeness (QED) is 0.916. The van der Waals surface area contributed by atoms with E-state index in [9.17, 15) is 23.1 Å². The average Bonchev–Trinajstić information content (AvgIpc) is 2.27. The van der Waals surface area contributed by atoms with Crippen LogP contribution in [0, 0.1) is 5.41 Å². The molecule has 0 unspecified atom stereocenters. The van der Waals surface area contributed by atoms with E-state index in [-0.39, 0.29) is 5.56 Å². The molecule has 0 fully saturated rings. The third-order valence-corrected chi connectivity index (χ3v) is 2.97. The number of carbonyl (C=O) groups is 1. The number of Topliss-reactive ketones (excluding diaryl/α,β-unsaturated/α-hetero) is 1. The van der Waals surface area contributed by atoms with Gasteiger partial charge in [0, 0.05) is 11.8 Å². The highest BCUT2D eigenvalue weighted by Gasteiger charge is 2.56. The highest BCUT2D eigenvalue weighted by atomic mass is 19.4. The van der Waals surface area contributed by atoms with Gasteiger partial charge in [0.1, 0.15) is 5.78 Å². The maximum absolute atomic E-state index is 13.1. The molecular weight excluding hydrogens is 257 g/mol. The van der Waals surface area contributed by atoms with Gasteiger partial charge in [-0.2, -0.15) is 13.2 Å². The molecular formula is C14H17F3O2. The largest absolute Gasteiger partial charge is 0.421 e. The fraction of sp³-hybridized carbons (Fsp3) is 0.500. The van der Waals surface area contributed by atoms with Gasteiger partial charge >= 0.3 is 6.18 Å². The van der Waals surface area contributed by atoms with Crippen LogP contribution in [0.2, 0.25) is 0 Å². The van der Waals surface area contributed by atoms with E-state index in [4.69, 9.17) is 0 Å². The van der Waals surface area contributed by atoms with Crippen molar-refractivity contribution in [3.05, 3.63) is 35.9 Å². The molecule has 0 radical (unpaired) electrons. The minimum atomic E-state index is -4.91. The number of halogens is 3. The smallest absolute Gasteiger partial charge is 0.376 e. The predicted molar refractivity (Wildman–Crippen MR) is 65.5 cm³/mol. The molecule has 0 aliphatic heterocycles. The van der Waals surface area contributed by atoms with Crippen LogP contribution < -0.4 is 0 Å². The molecule has 2 nitrogen and oxygen atoms in total. The van der Waals surface area contributed by atoms with Crippen molar-refractivity contribution in [2.45, 2.75) is 39.0 Å². The number of hydrogen-bond acceptors (Lipinski definition) is 2. The van der Waals surface area contributed by atoms with E-state index >= 15 is 0 Å². The Morgan fingerprint density at radius 3 is 1.95 bits per heavy atom. The number of hydrogen-bond donors (Lipinski definition) is 1. The Morgan fingerprint density at radius 1 is 1.11 bits per heavy atom. The summed E-state index contributed by atoms with van der Waals surface area (Å²) in [5.74, 6) is -0.642. The van der Waals surface area contributed by atoms with Gasteiger partial charge in [0.05, 0.1) is 0 Å². The molecule has 0 saturated carbocycles. The second-order valence-electron chi connectivity index (χ2n) is 5.57. The molecule has 0 bridgehead atoms. The van der Waals surface area contributed by atoms with Crippen LogP contribution in [0.4, 0.5) is 13.2 Å². The number of aliphatic hydroxyl groups is 1. The van der Waals surface area contributed by atoms with Crippen LogP contribution in [0.3, 0.4) is 0 Å². The van der Waals surface area contributed by atoms with Crippen molar-refractivity contribution < 1.29 is 23.1 Å². The van der Waals surface area contributed by atoms with E-state index in [1.807, 2.05) is 0 Å². The minimum absolute atomic E-state index is 0.319. The number of benzene rings is 1. The Balaban J connectivity index is 3.21. The topological polar surface area (TPSA) is 37.3 Å². The van der Waals surface area contributed by atoms with Crippen molar-refractivity contribution in [3.63, 3.8) is 0 Å². The van der Waals surface area contributed by atoms with Gasteiger partial charge in [0.25, 0.3) is 0 Å². The highest BCUT2D eigenvalue weighted by Crippen LogP contribution is 2.43. The Labute approximate surface area is 110 Å². The van der Waals surface area contributed by atoms with E-state index in [2.05, 4.69) is 0 Å². The Kier molecular flexibility index (Phi) is 4.10. The number of rotatable bonds is 3. The normalized spacial score (nSPS) is 15.9. The Morgan fingerprint density at radius 2 is 1.58 bits per heavy atom. The summed E-state index contributed by atoms with van der Waals surface area (Å²) < 4.78 is 39.4. The molecule has 0 aromatic heterocycles. The summed E-state index contributed by atoms with van der Waals surface area (Å²) in [6, 6.07) is 6.68. The number of alkyl halides is 3. The maximum Gasteiger partial charge on any atom is 0.421 e. The monoisotopic (exact) mass is 274 g/mol. The van der Waals surface area contributed by atoms with Crippen LogP contribution in [0.1, 0.15) is 32.8 Å². The molecule has 0 heterocycles. The SMILES string of the molecule is CC(C)(C)C(=O)C[C@](O)(c1ccccc1)C(F)(F)F. The molecule has 19 heavy (non-hydrogen) atoms. The van der Waals surface area contributed by atoms with Crippen LogP contribution in [-0.4, -0.2) is 17.1 Å². The minimum Gasteiger partial charge on any atom is -0.376 e. The van der Waals surface area contributed by atoms with E-state index in [0.29, 0.717) is 0 Å². The first-order valence-corrected chi connectivity index (χ1v) is 5.86. The molecule has 1 aromatic carbocycles. The van der Waals surface area contributed by atoms with E-state index in [1.54, 1.807) is 6.07 Å². The van der Waals surface area contributed by atoms with Crippen molar-refractivity contribution in [2.75, 3.05) is 0 Å². The molecule has 0 spiro atoms. The van der Waals surface area contributed by atoms with Crippen LogP contribution in [0.15, 0.2) is 30.3 Å². The molecule has 5 heteroatoms. The third-order valence-electron chi connectivity index (χ3n) is 2.97. The Hall–Kier alpha value is -1.36. The second-order valence-corrected chi connectivity index (χ2v) is 5.57. The summed E-state index contributed by atoms with van der Waals surface area (Å²) in [7, 11) is 0. The van der Waals surface area contributed by atoms with Gasteiger partial charge in [-0.15, -0.1) is 0 Å². The zero-order valence-electron chi connectivity index (χ0n) is 11.1. The van der Waals surface area contributed by atoms with Gasteiger partial charge in [-0.05, 0) is 5.56 Å². The summed E-state index contributed by atoms with van der Waals surface area (Å²) in [5.41, 5.74) is -4.40. The average molecular weight is 274 g/mol. The molecule has 1 rings (SSSR count). The van der Waals surface area contributed by atoms with Crippen molar-refractivity contribution in [3.8, 4) is 0 Å². The van der Waals surface area contributed by atoms with E-state index < -0.39 is 29.4 Å². The fourth-order valence-corrected chi connectivity index (χ4v) is 1.58. The summed E-state index contributed by atoms with van der Waals surface area (Å²) in [5, 5.41) is 10.0. The molecule has 1 atom stereocenters. The first-order chi connectivity index (χ1) is 8.48. The van der Waals surface area contributed by atoms with Crippen LogP contribution >= 0.6 is 0 Å². The molecule has 0 amide bonds. The molecule has 0 saturated heterocycles. The summed E-state index contributed by atoms with van der Waals surface area (Å²) >= 11 is 0. The van der Waals surface area contributed by atoms with Gasteiger partial charge in [0.2, 0.25) is 0 Å². The lowest BCUT2D eigenvalue weighted by Gasteiger charge is -2.32. The van der Waals surface area contributed by atoms with E-state index in [1.165, 1.54) is 45.0 Å². The van der Waals surface area contributed by atoms with E-state index in [0.717, 1.165) is 0 Å². The molecule has 106 valence electrons. The maximum atomic E-state index is 13.1. The van der Waals surface area contributed by atoms with Gasteiger partial charge in [-0.25, -0.2) is 0 Å². The summed E-state index contributed by atoms with van der Waals surface area (Å²) in [4.78, 5) is 11.8. The van der Waals surface area contributed by atoms with Gasteiger partial charge < -0.3 is 5.11 Å². The first kappa shape index (κ1) is 15.7. The summed E-state index contributed by atoms with van der Waals surface area (Å²) in [6.45, 7) is 4.57. The van der Waals surface area contributed by atoms with Crippen LogP contribution in [0.5, 0.6) is 0 Å². The van der Waals surface area contributed by atoms with Crippen LogP contribution in [0.25, 0.3) is 0 Å². The first-order valence-electron chi connectivity index (χ1n) is 5.86. The Bertz CT molecular complexity index is 446.